The number of nitrogens with zero attached hydrogens (tertiary/aromatic N) is 1. The van der Waals surface area contributed by atoms with Crippen molar-refractivity contribution in [2.45, 2.75) is 12.8 Å². The topological polar surface area (TPSA) is 68.7 Å². The SMILES string of the molecule is COCCOCc1nc(C(=O)O)ccc1C(F)(F)F.Cl. The zero-order valence-corrected chi connectivity index (χ0v) is 11.3. The van der Waals surface area contributed by atoms with Gasteiger partial charge >= 0.3 is 12.1 Å². The van der Waals surface area contributed by atoms with E-state index in [-0.39, 0.29) is 25.6 Å². The molecule has 0 atom stereocenters. The molecule has 5 nitrogen and oxygen atoms in total. The first-order valence-corrected chi connectivity index (χ1v) is 5.23. The van der Waals surface area contributed by atoms with Crippen LogP contribution in [0.5, 0.6) is 0 Å². The van der Waals surface area contributed by atoms with E-state index in [1.807, 2.05) is 0 Å². The normalized spacial score (nSPS) is 11.0. The van der Waals surface area contributed by atoms with E-state index in [1.54, 1.807) is 0 Å². The van der Waals surface area contributed by atoms with Crippen LogP contribution in [0.2, 0.25) is 0 Å². The molecule has 0 spiro atoms. The van der Waals surface area contributed by atoms with Crippen LogP contribution in [0.1, 0.15) is 21.7 Å². The van der Waals surface area contributed by atoms with Crippen LogP contribution >= 0.6 is 12.4 Å². The molecule has 0 amide bonds. The van der Waals surface area contributed by atoms with E-state index in [0.717, 1.165) is 6.07 Å². The lowest BCUT2D eigenvalue weighted by Gasteiger charge is -2.12. The van der Waals surface area contributed by atoms with Crippen LogP contribution in [0.25, 0.3) is 0 Å². The van der Waals surface area contributed by atoms with Crippen LogP contribution in [-0.4, -0.2) is 36.4 Å². The van der Waals surface area contributed by atoms with Crippen molar-refractivity contribution in [1.29, 1.82) is 0 Å². The van der Waals surface area contributed by atoms with Crippen LogP contribution in [0, 0.1) is 0 Å². The Kier molecular flexibility index (Phi) is 7.48. The van der Waals surface area contributed by atoms with Gasteiger partial charge in [-0.1, -0.05) is 0 Å². The molecule has 0 saturated heterocycles. The molecule has 0 fully saturated rings. The second-order valence-corrected chi connectivity index (χ2v) is 3.54. The third kappa shape index (κ3) is 5.32. The van der Waals surface area contributed by atoms with Gasteiger partial charge in [-0.3, -0.25) is 0 Å². The van der Waals surface area contributed by atoms with E-state index in [0.29, 0.717) is 6.07 Å². The number of halogens is 4. The number of hydrogen-bond acceptors (Lipinski definition) is 4. The molecule has 0 bridgehead atoms. The number of carboxylic acid groups (broad SMARTS) is 1. The lowest BCUT2D eigenvalue weighted by atomic mass is 10.1. The van der Waals surface area contributed by atoms with Gasteiger partial charge in [0.25, 0.3) is 0 Å². The Labute approximate surface area is 119 Å². The monoisotopic (exact) mass is 315 g/mol. The Morgan fingerprint density at radius 1 is 1.35 bits per heavy atom. The number of alkyl halides is 3. The van der Waals surface area contributed by atoms with Crippen molar-refractivity contribution in [2.24, 2.45) is 0 Å². The van der Waals surface area contributed by atoms with Crippen LogP contribution in [0.15, 0.2) is 12.1 Å². The fourth-order valence-corrected chi connectivity index (χ4v) is 1.30. The van der Waals surface area contributed by atoms with Crippen molar-refractivity contribution in [2.75, 3.05) is 20.3 Å². The maximum atomic E-state index is 12.7. The number of pyridine rings is 1. The van der Waals surface area contributed by atoms with Gasteiger partial charge in [-0.15, -0.1) is 12.4 Å². The Balaban J connectivity index is 0.00000361. The van der Waals surface area contributed by atoms with E-state index >= 15 is 0 Å². The number of aromatic nitrogens is 1. The first-order valence-electron chi connectivity index (χ1n) is 5.23. The third-order valence-corrected chi connectivity index (χ3v) is 2.17. The molecule has 0 unspecified atom stereocenters. The summed E-state index contributed by atoms with van der Waals surface area (Å²) in [7, 11) is 1.42. The standard InChI is InChI=1S/C11H12F3NO4.ClH/c1-18-4-5-19-6-9-7(11(12,13)14)2-3-8(15-9)10(16)17;/h2-3H,4-6H2,1H3,(H,16,17);1H. The Hall–Kier alpha value is -1.38. The van der Waals surface area contributed by atoms with Gasteiger partial charge in [0.15, 0.2) is 0 Å². The molecule has 1 aromatic heterocycles. The van der Waals surface area contributed by atoms with Crippen molar-refractivity contribution in [3.63, 3.8) is 0 Å². The van der Waals surface area contributed by atoms with Gasteiger partial charge in [-0.25, -0.2) is 9.78 Å². The summed E-state index contributed by atoms with van der Waals surface area (Å²) >= 11 is 0. The van der Waals surface area contributed by atoms with Crippen molar-refractivity contribution in [1.82, 2.24) is 4.98 Å². The number of ether oxygens (including phenoxy) is 2. The first kappa shape index (κ1) is 18.6. The van der Waals surface area contributed by atoms with Gasteiger partial charge in [0.05, 0.1) is 31.1 Å². The number of rotatable bonds is 6. The van der Waals surface area contributed by atoms with Gasteiger partial charge in [0, 0.05) is 7.11 Å². The van der Waals surface area contributed by atoms with Crippen molar-refractivity contribution in [3.8, 4) is 0 Å². The van der Waals surface area contributed by atoms with Gasteiger partial charge in [0.2, 0.25) is 0 Å². The van der Waals surface area contributed by atoms with E-state index in [1.165, 1.54) is 7.11 Å². The highest BCUT2D eigenvalue weighted by Gasteiger charge is 2.34. The lowest BCUT2D eigenvalue weighted by molar-refractivity contribution is -0.139. The zero-order chi connectivity index (χ0) is 14.5. The highest BCUT2D eigenvalue weighted by atomic mass is 35.5. The average molecular weight is 316 g/mol. The summed E-state index contributed by atoms with van der Waals surface area (Å²) in [6, 6.07) is 1.50. The Morgan fingerprint density at radius 2 is 2.00 bits per heavy atom. The fourth-order valence-electron chi connectivity index (χ4n) is 1.30. The molecule has 0 aliphatic heterocycles. The van der Waals surface area contributed by atoms with Crippen LogP contribution < -0.4 is 0 Å². The van der Waals surface area contributed by atoms with E-state index in [2.05, 4.69) is 9.72 Å². The number of carbonyl (C=O) groups is 1. The summed E-state index contributed by atoms with van der Waals surface area (Å²) in [5.74, 6) is -1.40. The van der Waals surface area contributed by atoms with E-state index in [9.17, 15) is 18.0 Å². The smallest absolute Gasteiger partial charge is 0.418 e. The quantitative estimate of drug-likeness (QED) is 0.816. The summed E-state index contributed by atoms with van der Waals surface area (Å²) in [4.78, 5) is 14.1. The molecule has 1 N–H and O–H groups in total. The number of carboxylic acids is 1. The summed E-state index contributed by atoms with van der Waals surface area (Å²) in [5.41, 5.74) is -1.92. The molecule has 9 heteroatoms. The van der Waals surface area contributed by atoms with E-state index < -0.39 is 35.7 Å². The first-order chi connectivity index (χ1) is 8.86. The molecule has 0 aliphatic carbocycles. The molecular weight excluding hydrogens is 303 g/mol. The highest BCUT2D eigenvalue weighted by molar-refractivity contribution is 5.85. The number of methoxy groups -OCH3 is 1. The molecule has 20 heavy (non-hydrogen) atoms. The molecule has 1 aromatic rings. The highest BCUT2D eigenvalue weighted by Crippen LogP contribution is 2.31. The van der Waals surface area contributed by atoms with Crippen molar-refractivity contribution in [3.05, 3.63) is 29.1 Å². The molecule has 1 heterocycles. The van der Waals surface area contributed by atoms with Crippen molar-refractivity contribution >= 4 is 18.4 Å². The van der Waals surface area contributed by atoms with Gasteiger partial charge < -0.3 is 14.6 Å². The fraction of sp³-hybridized carbons (Fsp3) is 0.455. The minimum absolute atomic E-state index is 0. The van der Waals surface area contributed by atoms with Crippen LogP contribution in [0.4, 0.5) is 13.2 Å². The zero-order valence-electron chi connectivity index (χ0n) is 10.4. The number of aromatic carboxylic acids is 1. The molecular formula is C11H13ClF3NO4. The molecule has 0 aliphatic rings. The summed E-state index contributed by atoms with van der Waals surface area (Å²) in [5, 5.41) is 8.71. The third-order valence-electron chi connectivity index (χ3n) is 2.17. The minimum Gasteiger partial charge on any atom is -0.477 e. The predicted octanol–water partition coefficient (Wildman–Crippen LogP) is 2.38. The Morgan fingerprint density at radius 3 is 2.50 bits per heavy atom. The summed E-state index contributed by atoms with van der Waals surface area (Å²) in [6.45, 7) is -0.119. The largest absolute Gasteiger partial charge is 0.477 e. The molecule has 0 aromatic carbocycles. The second kappa shape index (κ2) is 8.03. The van der Waals surface area contributed by atoms with E-state index in [4.69, 9.17) is 9.84 Å². The second-order valence-electron chi connectivity index (χ2n) is 3.54. The van der Waals surface area contributed by atoms with Gasteiger partial charge in [0.1, 0.15) is 5.69 Å². The maximum Gasteiger partial charge on any atom is 0.418 e. The summed E-state index contributed by atoms with van der Waals surface area (Å²) in [6.07, 6.45) is -4.61. The summed E-state index contributed by atoms with van der Waals surface area (Å²) < 4.78 is 47.7. The predicted molar refractivity (Wildman–Crippen MR) is 65.0 cm³/mol. The maximum absolute atomic E-state index is 12.7. The number of hydrogen-bond donors (Lipinski definition) is 1. The minimum atomic E-state index is -4.61. The van der Waals surface area contributed by atoms with Gasteiger partial charge in [-0.2, -0.15) is 13.2 Å². The van der Waals surface area contributed by atoms with Crippen molar-refractivity contribution < 1.29 is 32.5 Å². The average Bonchev–Trinajstić information content (AvgIpc) is 2.33. The van der Waals surface area contributed by atoms with Crippen LogP contribution in [-0.2, 0) is 22.3 Å². The van der Waals surface area contributed by atoms with Crippen LogP contribution in [0.3, 0.4) is 0 Å². The lowest BCUT2D eigenvalue weighted by Crippen LogP contribution is -2.15. The molecule has 114 valence electrons. The molecule has 0 saturated carbocycles. The molecule has 0 radical (unpaired) electrons. The molecule has 1 rings (SSSR count). The van der Waals surface area contributed by atoms with Gasteiger partial charge in [-0.05, 0) is 12.1 Å². The Bertz CT molecular complexity index is 454.